The van der Waals surface area contributed by atoms with Crippen LogP contribution in [0.1, 0.15) is 19.8 Å². The van der Waals surface area contributed by atoms with Crippen LogP contribution in [-0.4, -0.2) is 11.9 Å². The van der Waals surface area contributed by atoms with Gasteiger partial charge in [0.15, 0.2) is 0 Å². The van der Waals surface area contributed by atoms with Crippen LogP contribution in [0.4, 0.5) is 5.69 Å². The molecule has 5 heteroatoms. The number of amides is 1. The largest absolute Gasteiger partial charge is 0.328 e. The van der Waals surface area contributed by atoms with E-state index in [1.165, 1.54) is 0 Å². The van der Waals surface area contributed by atoms with E-state index in [9.17, 15) is 4.79 Å². The maximum absolute atomic E-state index is 11.5. The summed E-state index contributed by atoms with van der Waals surface area (Å²) in [5, 5.41) is 3.32. The lowest BCUT2D eigenvalue weighted by atomic mass is 10.2. The van der Waals surface area contributed by atoms with E-state index in [1.54, 1.807) is 6.07 Å². The molecule has 0 aromatic heterocycles. The summed E-state index contributed by atoms with van der Waals surface area (Å²) in [6.07, 6.45) is 1.09. The summed E-state index contributed by atoms with van der Waals surface area (Å²) < 4.78 is 1.04. The highest BCUT2D eigenvalue weighted by atomic mass is 127. The third-order valence-electron chi connectivity index (χ3n) is 2.03. The second-order valence-corrected chi connectivity index (χ2v) is 5.34. The molecule has 1 atom stereocenters. The Bertz CT molecular complexity index is 382. The van der Waals surface area contributed by atoms with Gasteiger partial charge in [0.05, 0.1) is 10.7 Å². The first-order valence-electron chi connectivity index (χ1n) is 4.99. The molecule has 0 fully saturated rings. The van der Waals surface area contributed by atoms with Crippen molar-refractivity contribution in [3.63, 3.8) is 0 Å². The Hall–Kier alpha value is -0.330. The first-order chi connectivity index (χ1) is 7.49. The van der Waals surface area contributed by atoms with Gasteiger partial charge in [0.1, 0.15) is 0 Å². The van der Waals surface area contributed by atoms with Crippen molar-refractivity contribution >= 4 is 45.8 Å². The van der Waals surface area contributed by atoms with Crippen LogP contribution in [-0.2, 0) is 4.79 Å². The molecule has 0 radical (unpaired) electrons. The van der Waals surface area contributed by atoms with Crippen molar-refractivity contribution in [2.75, 3.05) is 5.32 Å². The molecule has 1 unspecified atom stereocenters. The van der Waals surface area contributed by atoms with Crippen molar-refractivity contribution in [3.05, 3.63) is 26.8 Å². The molecule has 0 aliphatic heterocycles. The highest BCUT2D eigenvalue weighted by Crippen LogP contribution is 2.23. The molecule has 1 aromatic rings. The molecule has 16 heavy (non-hydrogen) atoms. The first-order valence-corrected chi connectivity index (χ1v) is 6.45. The Balaban J connectivity index is 2.56. The maximum Gasteiger partial charge on any atom is 0.224 e. The minimum atomic E-state index is -0.0552. The lowest BCUT2D eigenvalue weighted by Crippen LogP contribution is -2.19. The van der Waals surface area contributed by atoms with E-state index in [0.717, 1.165) is 3.57 Å². The number of halogens is 2. The van der Waals surface area contributed by atoms with E-state index >= 15 is 0 Å². The summed E-state index contributed by atoms with van der Waals surface area (Å²) in [7, 11) is 0. The second-order valence-electron chi connectivity index (χ2n) is 3.69. The standard InChI is InChI=1S/C11H14ClIN2O/c1-7(14)2-5-11(16)15-10-4-3-8(13)6-9(10)12/h3-4,6-7H,2,5,14H2,1H3,(H,15,16). The van der Waals surface area contributed by atoms with Gasteiger partial charge in [-0.2, -0.15) is 0 Å². The smallest absolute Gasteiger partial charge is 0.224 e. The lowest BCUT2D eigenvalue weighted by Gasteiger charge is -2.08. The number of nitrogens with two attached hydrogens (primary N) is 1. The molecule has 0 aliphatic rings. The number of hydrogen-bond donors (Lipinski definition) is 2. The molecule has 1 amide bonds. The van der Waals surface area contributed by atoms with Gasteiger partial charge in [-0.25, -0.2) is 0 Å². The van der Waals surface area contributed by atoms with Crippen LogP contribution in [0.25, 0.3) is 0 Å². The van der Waals surface area contributed by atoms with E-state index < -0.39 is 0 Å². The zero-order valence-electron chi connectivity index (χ0n) is 8.97. The molecular formula is C11H14ClIN2O. The van der Waals surface area contributed by atoms with Crippen molar-refractivity contribution in [2.45, 2.75) is 25.8 Å². The molecule has 0 saturated carbocycles. The average molecular weight is 353 g/mol. The Morgan fingerprint density at radius 2 is 2.31 bits per heavy atom. The topological polar surface area (TPSA) is 55.1 Å². The highest BCUT2D eigenvalue weighted by Gasteiger charge is 2.07. The van der Waals surface area contributed by atoms with Gasteiger partial charge >= 0.3 is 0 Å². The fourth-order valence-electron chi connectivity index (χ4n) is 1.16. The molecule has 3 N–H and O–H groups in total. The van der Waals surface area contributed by atoms with Crippen LogP contribution in [0.15, 0.2) is 18.2 Å². The van der Waals surface area contributed by atoms with Crippen LogP contribution < -0.4 is 11.1 Å². The predicted octanol–water partition coefficient (Wildman–Crippen LogP) is 3.01. The molecule has 1 rings (SSSR count). The van der Waals surface area contributed by atoms with Crippen molar-refractivity contribution in [1.29, 1.82) is 0 Å². The molecule has 0 heterocycles. The van der Waals surface area contributed by atoms with Crippen LogP contribution in [0, 0.1) is 3.57 Å². The Labute approximate surface area is 114 Å². The maximum atomic E-state index is 11.5. The first kappa shape index (κ1) is 13.7. The van der Waals surface area contributed by atoms with Crippen molar-refractivity contribution < 1.29 is 4.79 Å². The van der Waals surface area contributed by atoms with Gasteiger partial charge in [0, 0.05) is 16.0 Å². The number of hydrogen-bond acceptors (Lipinski definition) is 2. The summed E-state index contributed by atoms with van der Waals surface area (Å²) in [5.74, 6) is -0.0552. The third kappa shape index (κ3) is 4.67. The summed E-state index contributed by atoms with van der Waals surface area (Å²) in [5.41, 5.74) is 6.23. The molecule has 0 aliphatic carbocycles. The molecule has 0 spiro atoms. The van der Waals surface area contributed by atoms with Crippen molar-refractivity contribution in [3.8, 4) is 0 Å². The highest BCUT2D eigenvalue weighted by molar-refractivity contribution is 14.1. The van der Waals surface area contributed by atoms with Gasteiger partial charge in [-0.05, 0) is 54.1 Å². The molecule has 3 nitrogen and oxygen atoms in total. The molecule has 0 saturated heterocycles. The van der Waals surface area contributed by atoms with Crippen LogP contribution >= 0.6 is 34.2 Å². The van der Waals surface area contributed by atoms with Crippen molar-refractivity contribution in [2.24, 2.45) is 5.73 Å². The second kappa shape index (κ2) is 6.42. The summed E-state index contributed by atoms with van der Waals surface area (Å²) in [4.78, 5) is 11.5. The quantitative estimate of drug-likeness (QED) is 0.819. The Morgan fingerprint density at radius 3 is 2.88 bits per heavy atom. The van der Waals surface area contributed by atoms with Crippen LogP contribution in [0.3, 0.4) is 0 Å². The predicted molar refractivity (Wildman–Crippen MR) is 75.7 cm³/mol. The number of benzene rings is 1. The summed E-state index contributed by atoms with van der Waals surface area (Å²) in [6.45, 7) is 1.88. The molecule has 0 bridgehead atoms. The number of nitrogens with one attached hydrogen (secondary N) is 1. The van der Waals surface area contributed by atoms with E-state index in [2.05, 4.69) is 27.9 Å². The third-order valence-corrected chi connectivity index (χ3v) is 3.02. The SMILES string of the molecule is CC(N)CCC(=O)Nc1ccc(I)cc1Cl. The van der Waals surface area contributed by atoms with E-state index in [4.69, 9.17) is 17.3 Å². The monoisotopic (exact) mass is 352 g/mol. The average Bonchev–Trinajstić information content (AvgIpc) is 2.19. The molecule has 88 valence electrons. The van der Waals surface area contributed by atoms with Gasteiger partial charge in [-0.15, -0.1) is 0 Å². The van der Waals surface area contributed by atoms with E-state index in [0.29, 0.717) is 23.6 Å². The lowest BCUT2D eigenvalue weighted by molar-refractivity contribution is -0.116. The summed E-state index contributed by atoms with van der Waals surface area (Å²) in [6, 6.07) is 5.54. The summed E-state index contributed by atoms with van der Waals surface area (Å²) >= 11 is 8.16. The number of rotatable bonds is 4. The fourth-order valence-corrected chi connectivity index (χ4v) is 2.07. The zero-order valence-corrected chi connectivity index (χ0v) is 11.9. The fraction of sp³-hybridized carbons (Fsp3) is 0.364. The Morgan fingerprint density at radius 1 is 1.62 bits per heavy atom. The van der Waals surface area contributed by atoms with Gasteiger partial charge in [-0.1, -0.05) is 11.6 Å². The Kier molecular flexibility index (Phi) is 5.51. The zero-order chi connectivity index (χ0) is 12.1. The van der Waals surface area contributed by atoms with Crippen LogP contribution in [0.2, 0.25) is 5.02 Å². The van der Waals surface area contributed by atoms with Gasteiger partial charge in [-0.3, -0.25) is 4.79 Å². The minimum absolute atomic E-state index is 0.0398. The van der Waals surface area contributed by atoms with E-state index in [-0.39, 0.29) is 11.9 Å². The number of carbonyl (C=O) groups is 1. The number of anilines is 1. The van der Waals surface area contributed by atoms with Gasteiger partial charge < -0.3 is 11.1 Å². The number of carbonyl (C=O) groups excluding carboxylic acids is 1. The molecule has 1 aromatic carbocycles. The van der Waals surface area contributed by atoms with Crippen LogP contribution in [0.5, 0.6) is 0 Å². The van der Waals surface area contributed by atoms with E-state index in [1.807, 2.05) is 19.1 Å². The minimum Gasteiger partial charge on any atom is -0.328 e. The van der Waals surface area contributed by atoms with Gasteiger partial charge in [0.25, 0.3) is 0 Å². The normalized spacial score (nSPS) is 12.2. The van der Waals surface area contributed by atoms with Crippen molar-refractivity contribution in [1.82, 2.24) is 0 Å². The van der Waals surface area contributed by atoms with Gasteiger partial charge in [0.2, 0.25) is 5.91 Å². The molecular weight excluding hydrogens is 338 g/mol.